The molecule has 0 aliphatic rings. The molecule has 136 valence electrons. The zero-order chi connectivity index (χ0) is 18.7. The van der Waals surface area contributed by atoms with Crippen molar-refractivity contribution in [2.24, 2.45) is 0 Å². The predicted molar refractivity (Wildman–Crippen MR) is 109 cm³/mol. The van der Waals surface area contributed by atoms with Gasteiger partial charge in [0.15, 0.2) is 11.0 Å². The van der Waals surface area contributed by atoms with Gasteiger partial charge in [-0.1, -0.05) is 35.5 Å². The topological polar surface area (TPSA) is 59.8 Å². The molecule has 3 aromatic rings. The highest BCUT2D eigenvalue weighted by atomic mass is 32.2. The van der Waals surface area contributed by atoms with Crippen molar-refractivity contribution in [3.05, 3.63) is 46.3 Å². The van der Waals surface area contributed by atoms with Gasteiger partial charge in [0.2, 0.25) is 5.91 Å². The van der Waals surface area contributed by atoms with Crippen LogP contribution in [0, 0.1) is 20.8 Å². The fourth-order valence-corrected chi connectivity index (χ4v) is 4.47. The number of aromatic nitrogens is 3. The van der Waals surface area contributed by atoms with Crippen molar-refractivity contribution in [2.45, 2.75) is 39.4 Å². The summed E-state index contributed by atoms with van der Waals surface area (Å²) in [6.45, 7) is 8.92. The van der Waals surface area contributed by atoms with E-state index in [0.29, 0.717) is 5.75 Å². The maximum absolute atomic E-state index is 12.4. The molecular weight excluding hydrogens is 364 g/mol. The molecule has 0 aliphatic carbocycles. The van der Waals surface area contributed by atoms with Crippen LogP contribution in [0.4, 0.5) is 5.69 Å². The highest BCUT2D eigenvalue weighted by molar-refractivity contribution is 7.99. The summed E-state index contributed by atoms with van der Waals surface area (Å²) < 4.78 is 2.05. The molecule has 0 unspecified atom stereocenters. The molecule has 0 atom stereocenters. The smallest absolute Gasteiger partial charge is 0.234 e. The standard InChI is InChI=1S/C19H22N4OS2/c1-5-23-18(15-7-6-8-25-15)21-22-19(23)26-11-16(24)20-17-13(3)9-12(2)10-14(17)4/h6-10H,5,11H2,1-4H3,(H,20,24). The van der Waals surface area contributed by atoms with Crippen LogP contribution in [0.25, 0.3) is 10.7 Å². The Morgan fingerprint density at radius 3 is 2.58 bits per heavy atom. The van der Waals surface area contributed by atoms with Crippen molar-refractivity contribution in [1.82, 2.24) is 14.8 Å². The molecule has 7 heteroatoms. The highest BCUT2D eigenvalue weighted by Gasteiger charge is 2.16. The number of nitrogens with zero attached hydrogens (tertiary/aromatic N) is 3. The van der Waals surface area contributed by atoms with Gasteiger partial charge in [0.05, 0.1) is 10.6 Å². The molecule has 26 heavy (non-hydrogen) atoms. The number of thioether (sulfide) groups is 1. The Bertz CT molecular complexity index is 893. The Morgan fingerprint density at radius 2 is 1.96 bits per heavy atom. The average Bonchev–Trinajstić information content (AvgIpc) is 3.24. The first-order valence-corrected chi connectivity index (χ1v) is 10.3. The lowest BCUT2D eigenvalue weighted by molar-refractivity contribution is -0.113. The number of carbonyl (C=O) groups excluding carboxylic acids is 1. The lowest BCUT2D eigenvalue weighted by atomic mass is 10.1. The van der Waals surface area contributed by atoms with Gasteiger partial charge in [-0.3, -0.25) is 4.79 Å². The Kier molecular flexibility index (Phi) is 5.78. The number of rotatable bonds is 6. The molecule has 3 rings (SSSR count). The third-order valence-electron chi connectivity index (χ3n) is 4.05. The molecular formula is C19H22N4OS2. The van der Waals surface area contributed by atoms with Crippen molar-refractivity contribution in [1.29, 1.82) is 0 Å². The number of amides is 1. The number of carbonyl (C=O) groups is 1. The molecule has 0 aliphatic heterocycles. The fourth-order valence-electron chi connectivity index (χ4n) is 2.95. The molecule has 0 bridgehead atoms. The zero-order valence-electron chi connectivity index (χ0n) is 15.4. The summed E-state index contributed by atoms with van der Waals surface area (Å²) in [5.74, 6) is 1.12. The Balaban J connectivity index is 1.69. The van der Waals surface area contributed by atoms with Gasteiger partial charge < -0.3 is 9.88 Å². The molecule has 1 aromatic carbocycles. The largest absolute Gasteiger partial charge is 0.325 e. The van der Waals surface area contributed by atoms with Gasteiger partial charge in [-0.05, 0) is 50.3 Å². The summed E-state index contributed by atoms with van der Waals surface area (Å²) in [4.78, 5) is 13.5. The van der Waals surface area contributed by atoms with Crippen LogP contribution in [0.3, 0.4) is 0 Å². The maximum Gasteiger partial charge on any atom is 0.234 e. The Morgan fingerprint density at radius 1 is 1.23 bits per heavy atom. The summed E-state index contributed by atoms with van der Waals surface area (Å²) in [5, 5.41) is 14.4. The molecule has 0 saturated carbocycles. The summed E-state index contributed by atoms with van der Waals surface area (Å²) in [5.41, 5.74) is 4.26. The second-order valence-corrected chi connectivity index (χ2v) is 8.03. The fraction of sp³-hybridized carbons (Fsp3) is 0.316. The Hall–Kier alpha value is -2.12. The molecule has 2 heterocycles. The van der Waals surface area contributed by atoms with Crippen molar-refractivity contribution in [2.75, 3.05) is 11.1 Å². The van der Waals surface area contributed by atoms with Crippen LogP contribution in [0.1, 0.15) is 23.6 Å². The molecule has 1 N–H and O–H groups in total. The van der Waals surface area contributed by atoms with Gasteiger partial charge >= 0.3 is 0 Å². The number of anilines is 1. The van der Waals surface area contributed by atoms with Crippen molar-refractivity contribution in [3.8, 4) is 10.7 Å². The third kappa shape index (κ3) is 3.99. The van der Waals surface area contributed by atoms with Gasteiger partial charge in [0, 0.05) is 12.2 Å². The van der Waals surface area contributed by atoms with E-state index in [4.69, 9.17) is 0 Å². The van der Waals surface area contributed by atoms with Crippen molar-refractivity contribution < 1.29 is 4.79 Å². The van der Waals surface area contributed by atoms with Crippen LogP contribution in [-0.2, 0) is 11.3 Å². The molecule has 2 aromatic heterocycles. The maximum atomic E-state index is 12.4. The van der Waals surface area contributed by atoms with Crippen LogP contribution in [0.5, 0.6) is 0 Å². The second-order valence-electron chi connectivity index (χ2n) is 6.14. The van der Waals surface area contributed by atoms with E-state index in [1.165, 1.54) is 17.3 Å². The first-order valence-electron chi connectivity index (χ1n) is 8.47. The quantitative estimate of drug-likeness (QED) is 0.625. The average molecular weight is 387 g/mol. The predicted octanol–water partition coefficient (Wildman–Crippen LogP) is 4.68. The van der Waals surface area contributed by atoms with E-state index >= 15 is 0 Å². The van der Waals surface area contributed by atoms with Gasteiger partial charge in [0.25, 0.3) is 0 Å². The lowest BCUT2D eigenvalue weighted by Crippen LogP contribution is -2.16. The van der Waals surface area contributed by atoms with Crippen LogP contribution in [0.15, 0.2) is 34.8 Å². The molecule has 0 radical (unpaired) electrons. The molecule has 5 nitrogen and oxygen atoms in total. The van der Waals surface area contributed by atoms with Crippen molar-refractivity contribution >= 4 is 34.7 Å². The van der Waals surface area contributed by atoms with Gasteiger partial charge in [0.1, 0.15) is 0 Å². The SMILES string of the molecule is CCn1c(SCC(=O)Nc2c(C)cc(C)cc2C)nnc1-c1cccs1. The van der Waals surface area contributed by atoms with E-state index < -0.39 is 0 Å². The summed E-state index contributed by atoms with van der Waals surface area (Å²) in [6.07, 6.45) is 0. The minimum Gasteiger partial charge on any atom is -0.325 e. The number of hydrogen-bond donors (Lipinski definition) is 1. The van der Waals surface area contributed by atoms with E-state index in [1.54, 1.807) is 11.3 Å². The zero-order valence-corrected chi connectivity index (χ0v) is 17.0. The van der Waals surface area contributed by atoms with E-state index in [2.05, 4.69) is 41.5 Å². The minimum absolute atomic E-state index is 0.0339. The van der Waals surface area contributed by atoms with Crippen LogP contribution in [0.2, 0.25) is 0 Å². The first-order chi connectivity index (χ1) is 12.5. The van der Waals surface area contributed by atoms with E-state index in [9.17, 15) is 4.79 Å². The van der Waals surface area contributed by atoms with Crippen LogP contribution < -0.4 is 5.32 Å². The Labute approximate surface area is 161 Å². The van der Waals surface area contributed by atoms with Crippen LogP contribution >= 0.6 is 23.1 Å². The lowest BCUT2D eigenvalue weighted by Gasteiger charge is -2.12. The number of benzene rings is 1. The summed E-state index contributed by atoms with van der Waals surface area (Å²) in [6, 6.07) is 8.19. The number of aryl methyl sites for hydroxylation is 3. The van der Waals surface area contributed by atoms with Gasteiger partial charge in [-0.25, -0.2) is 0 Å². The number of nitrogens with one attached hydrogen (secondary N) is 1. The van der Waals surface area contributed by atoms with Crippen molar-refractivity contribution in [3.63, 3.8) is 0 Å². The molecule has 0 fully saturated rings. The van der Waals surface area contributed by atoms with E-state index in [-0.39, 0.29) is 5.91 Å². The number of hydrogen-bond acceptors (Lipinski definition) is 5. The molecule has 0 spiro atoms. The van der Waals surface area contributed by atoms with E-state index in [0.717, 1.165) is 39.2 Å². The summed E-state index contributed by atoms with van der Waals surface area (Å²) >= 11 is 3.05. The van der Waals surface area contributed by atoms with Gasteiger partial charge in [-0.2, -0.15) is 0 Å². The van der Waals surface area contributed by atoms with Gasteiger partial charge in [-0.15, -0.1) is 21.5 Å². The monoisotopic (exact) mass is 386 g/mol. The van der Waals surface area contributed by atoms with Crippen LogP contribution in [-0.4, -0.2) is 26.4 Å². The molecule has 0 saturated heterocycles. The second kappa shape index (κ2) is 8.05. The van der Waals surface area contributed by atoms with E-state index in [1.807, 2.05) is 35.9 Å². The molecule has 1 amide bonds. The summed E-state index contributed by atoms with van der Waals surface area (Å²) in [7, 11) is 0. The number of thiophene rings is 1. The minimum atomic E-state index is -0.0339. The normalized spacial score (nSPS) is 10.9. The first kappa shape index (κ1) is 18.7. The highest BCUT2D eigenvalue weighted by Crippen LogP contribution is 2.27. The third-order valence-corrected chi connectivity index (χ3v) is 5.88.